The summed E-state index contributed by atoms with van der Waals surface area (Å²) in [6, 6.07) is 2.72. The Morgan fingerprint density at radius 3 is 2.36 bits per heavy atom. The average molecular weight is 318 g/mol. The highest BCUT2D eigenvalue weighted by Gasteiger charge is 2.57. The molecule has 10 heteroatoms. The molecule has 2 rings (SSSR count). The number of esters is 1. The van der Waals surface area contributed by atoms with Crippen molar-refractivity contribution in [2.75, 3.05) is 6.54 Å². The van der Waals surface area contributed by atoms with Gasteiger partial charge in [-0.25, -0.2) is 9.59 Å². The normalized spacial score (nSPS) is 20.0. The number of hydrogen-bond acceptors (Lipinski definition) is 5. The fourth-order valence-corrected chi connectivity index (χ4v) is 2.14. The molecule has 22 heavy (non-hydrogen) atoms. The molecule has 0 radical (unpaired) electrons. The van der Waals surface area contributed by atoms with Crippen LogP contribution in [-0.2, 0) is 9.53 Å². The molecule has 1 saturated heterocycles. The van der Waals surface area contributed by atoms with Gasteiger partial charge >= 0.3 is 18.2 Å². The van der Waals surface area contributed by atoms with E-state index in [0.29, 0.717) is 0 Å². The quantitative estimate of drug-likeness (QED) is 0.366. The molecule has 0 spiro atoms. The van der Waals surface area contributed by atoms with E-state index in [9.17, 15) is 32.9 Å². The van der Waals surface area contributed by atoms with Gasteiger partial charge in [-0.05, 0) is 5.56 Å². The van der Waals surface area contributed by atoms with Gasteiger partial charge in [0, 0.05) is 4.92 Å². The molecule has 0 aromatic heterocycles. The predicted octanol–water partition coefficient (Wildman–Crippen LogP) is 1.91. The molecule has 1 fully saturated rings. The lowest BCUT2D eigenvalue weighted by atomic mass is 10.0. The predicted molar refractivity (Wildman–Crippen MR) is 64.2 cm³/mol. The number of alkyl halides is 3. The lowest BCUT2D eigenvalue weighted by Crippen LogP contribution is -2.51. The molecule has 1 aromatic rings. The second-order valence-electron chi connectivity index (χ2n) is 4.48. The van der Waals surface area contributed by atoms with Crippen LogP contribution in [0, 0.1) is 10.1 Å². The molecule has 1 unspecified atom stereocenters. The first-order valence-electron chi connectivity index (χ1n) is 5.99. The molecular formula is C12H9F3N2O5. The van der Waals surface area contributed by atoms with E-state index in [4.69, 9.17) is 0 Å². The van der Waals surface area contributed by atoms with Crippen molar-refractivity contribution in [2.45, 2.75) is 18.3 Å². The topological polar surface area (TPSA) is 89.8 Å². The van der Waals surface area contributed by atoms with Crippen LogP contribution in [0.2, 0.25) is 0 Å². The van der Waals surface area contributed by atoms with E-state index in [-0.39, 0.29) is 10.5 Å². The number of ether oxygens (including phenoxy) is 1. The van der Waals surface area contributed by atoms with E-state index >= 15 is 0 Å². The van der Waals surface area contributed by atoms with E-state index in [1.807, 2.05) is 0 Å². The van der Waals surface area contributed by atoms with Gasteiger partial charge in [0.05, 0.1) is 0 Å². The first kappa shape index (κ1) is 15.7. The van der Waals surface area contributed by atoms with Crippen molar-refractivity contribution in [1.82, 2.24) is 4.90 Å². The Morgan fingerprint density at radius 1 is 1.27 bits per heavy atom. The summed E-state index contributed by atoms with van der Waals surface area (Å²) in [4.78, 5) is 32.6. The van der Waals surface area contributed by atoms with Crippen molar-refractivity contribution in [3.8, 4) is 0 Å². The maximum absolute atomic E-state index is 13.1. The SMILES string of the molecule is O=C1OC(=O)N(C(C[N+](=O)[O-])C(F)(F)F)[C@@H]1c1ccccc1. The lowest BCUT2D eigenvalue weighted by Gasteiger charge is -2.28. The maximum Gasteiger partial charge on any atom is 0.419 e. The molecule has 2 atom stereocenters. The molecule has 0 saturated carbocycles. The summed E-state index contributed by atoms with van der Waals surface area (Å²) in [5, 5.41) is 10.5. The Morgan fingerprint density at radius 2 is 1.86 bits per heavy atom. The minimum atomic E-state index is -5.08. The van der Waals surface area contributed by atoms with E-state index < -0.39 is 41.8 Å². The first-order chi connectivity index (χ1) is 10.2. The maximum atomic E-state index is 13.1. The van der Waals surface area contributed by atoms with E-state index in [2.05, 4.69) is 4.74 Å². The summed E-state index contributed by atoms with van der Waals surface area (Å²) in [5.74, 6) is -1.20. The summed E-state index contributed by atoms with van der Waals surface area (Å²) in [6.07, 6.45) is -6.63. The molecular weight excluding hydrogens is 309 g/mol. The molecule has 7 nitrogen and oxygen atoms in total. The Bertz CT molecular complexity index is 605. The third kappa shape index (κ3) is 3.00. The monoisotopic (exact) mass is 318 g/mol. The Kier molecular flexibility index (Phi) is 4.02. The highest BCUT2D eigenvalue weighted by molar-refractivity contribution is 5.96. The number of cyclic esters (lactones) is 2. The van der Waals surface area contributed by atoms with Gasteiger partial charge in [-0.3, -0.25) is 15.0 Å². The van der Waals surface area contributed by atoms with Gasteiger partial charge in [0.25, 0.3) is 0 Å². The number of nitro groups is 1. The second kappa shape index (κ2) is 5.62. The minimum absolute atomic E-state index is 0.0699. The van der Waals surface area contributed by atoms with Crippen LogP contribution in [0.3, 0.4) is 0 Å². The fourth-order valence-electron chi connectivity index (χ4n) is 2.14. The molecule has 1 aromatic carbocycles. The van der Waals surface area contributed by atoms with Crippen LogP contribution < -0.4 is 0 Å². The second-order valence-corrected chi connectivity index (χ2v) is 4.48. The summed E-state index contributed by atoms with van der Waals surface area (Å²) >= 11 is 0. The summed E-state index contributed by atoms with van der Waals surface area (Å²) in [6.45, 7) is -1.57. The molecule has 118 valence electrons. The van der Waals surface area contributed by atoms with Crippen molar-refractivity contribution in [2.24, 2.45) is 0 Å². The van der Waals surface area contributed by atoms with E-state index in [0.717, 1.165) is 0 Å². The zero-order chi connectivity index (χ0) is 16.5. The Labute approximate surface area is 121 Å². The largest absolute Gasteiger partial charge is 0.419 e. The van der Waals surface area contributed by atoms with Crippen LogP contribution in [0.1, 0.15) is 11.6 Å². The van der Waals surface area contributed by atoms with E-state index in [1.165, 1.54) is 24.3 Å². The number of rotatable bonds is 4. The Balaban J connectivity index is 2.45. The van der Waals surface area contributed by atoms with Crippen molar-refractivity contribution in [3.05, 3.63) is 46.0 Å². The van der Waals surface area contributed by atoms with Gasteiger partial charge in [0.1, 0.15) is 0 Å². The summed E-state index contributed by atoms with van der Waals surface area (Å²) in [5.41, 5.74) is 0.0796. The molecule has 1 aliphatic rings. The number of nitrogens with zero attached hydrogens (tertiary/aromatic N) is 2. The number of halogens is 3. The van der Waals surface area contributed by atoms with Crippen LogP contribution >= 0.6 is 0 Å². The molecule has 0 bridgehead atoms. The van der Waals surface area contributed by atoms with Gasteiger partial charge < -0.3 is 4.74 Å². The number of benzene rings is 1. The summed E-state index contributed by atoms with van der Waals surface area (Å²) < 4.78 is 43.4. The van der Waals surface area contributed by atoms with Crippen molar-refractivity contribution in [1.29, 1.82) is 0 Å². The molecule has 1 aliphatic heterocycles. The number of hydrogen-bond donors (Lipinski definition) is 0. The van der Waals surface area contributed by atoms with Gasteiger partial charge in [-0.1, -0.05) is 30.3 Å². The van der Waals surface area contributed by atoms with Crippen LogP contribution in [0.4, 0.5) is 18.0 Å². The van der Waals surface area contributed by atoms with Crippen LogP contribution in [0.15, 0.2) is 30.3 Å². The van der Waals surface area contributed by atoms with Gasteiger partial charge in [0.15, 0.2) is 12.1 Å². The highest BCUT2D eigenvalue weighted by atomic mass is 19.4. The van der Waals surface area contributed by atoms with Crippen LogP contribution in [-0.4, -0.2) is 40.6 Å². The third-order valence-corrected chi connectivity index (χ3v) is 3.05. The fraction of sp³-hybridized carbons (Fsp3) is 0.333. The van der Waals surface area contributed by atoms with Crippen LogP contribution in [0.25, 0.3) is 0 Å². The standard InChI is InChI=1S/C12H9F3N2O5/c13-12(14,15)8(6-16(20)21)17-9(10(18)22-11(17)19)7-4-2-1-3-5-7/h1-5,8-9H,6H2/t8?,9-/m1/s1. The van der Waals surface area contributed by atoms with Crippen molar-refractivity contribution < 1.29 is 32.4 Å². The smallest absolute Gasteiger partial charge is 0.374 e. The van der Waals surface area contributed by atoms with Crippen molar-refractivity contribution in [3.63, 3.8) is 0 Å². The third-order valence-electron chi connectivity index (χ3n) is 3.05. The van der Waals surface area contributed by atoms with E-state index in [1.54, 1.807) is 6.07 Å². The molecule has 1 heterocycles. The zero-order valence-electron chi connectivity index (χ0n) is 10.8. The van der Waals surface area contributed by atoms with Crippen molar-refractivity contribution >= 4 is 12.1 Å². The molecule has 1 amide bonds. The Hall–Kier alpha value is -2.65. The minimum Gasteiger partial charge on any atom is -0.374 e. The van der Waals surface area contributed by atoms with Gasteiger partial charge in [0.2, 0.25) is 6.54 Å². The van der Waals surface area contributed by atoms with Gasteiger partial charge in [-0.15, -0.1) is 0 Å². The average Bonchev–Trinajstić information content (AvgIpc) is 2.70. The van der Waals surface area contributed by atoms with Gasteiger partial charge in [-0.2, -0.15) is 13.2 Å². The van der Waals surface area contributed by atoms with Crippen LogP contribution in [0.5, 0.6) is 0 Å². The highest BCUT2D eigenvalue weighted by Crippen LogP contribution is 2.36. The molecule has 0 N–H and O–H groups in total. The molecule has 0 aliphatic carbocycles. The first-order valence-corrected chi connectivity index (χ1v) is 5.99. The summed E-state index contributed by atoms with van der Waals surface area (Å²) in [7, 11) is 0. The lowest BCUT2D eigenvalue weighted by molar-refractivity contribution is -0.494. The number of carbonyl (C=O) groups excluding carboxylic acids is 2. The number of amides is 1. The number of carbonyl (C=O) groups is 2. The zero-order valence-corrected chi connectivity index (χ0v) is 10.8.